The van der Waals surface area contributed by atoms with Gasteiger partial charge in [0, 0.05) is 16.8 Å². The van der Waals surface area contributed by atoms with Crippen LogP contribution in [0.25, 0.3) is 0 Å². The topological polar surface area (TPSA) is 49.3 Å². The number of thiophene rings is 1. The fourth-order valence-corrected chi connectivity index (χ4v) is 2.45. The highest BCUT2D eigenvalue weighted by Crippen LogP contribution is 2.22. The van der Waals surface area contributed by atoms with E-state index in [1.807, 2.05) is 40.0 Å². The number of nitrogens with one attached hydrogen (secondary N) is 1. The number of carbonyl (C=O) groups is 1. The zero-order chi connectivity index (χ0) is 13.9. The zero-order valence-electron chi connectivity index (χ0n) is 11.8. The first kappa shape index (κ1) is 15.2. The Bertz CT molecular complexity index is 418. The maximum atomic E-state index is 11.9. The van der Waals surface area contributed by atoms with Crippen molar-refractivity contribution in [3.8, 4) is 0 Å². The van der Waals surface area contributed by atoms with Crippen molar-refractivity contribution in [2.75, 3.05) is 6.54 Å². The van der Waals surface area contributed by atoms with E-state index in [4.69, 9.17) is 0 Å². The second kappa shape index (κ2) is 5.85. The summed E-state index contributed by atoms with van der Waals surface area (Å²) in [6, 6.07) is 0. The lowest BCUT2D eigenvalue weighted by molar-refractivity contribution is 0.0551. The van der Waals surface area contributed by atoms with Crippen molar-refractivity contribution in [2.24, 2.45) is 5.41 Å². The molecule has 2 N–H and O–H groups in total. The van der Waals surface area contributed by atoms with Crippen LogP contribution in [-0.2, 0) is 0 Å². The summed E-state index contributed by atoms with van der Waals surface area (Å²) < 4.78 is 0. The van der Waals surface area contributed by atoms with Crippen LogP contribution in [0.4, 0.5) is 0 Å². The molecule has 0 aromatic carbocycles. The summed E-state index contributed by atoms with van der Waals surface area (Å²) in [6.07, 6.45) is 0.181. The lowest BCUT2D eigenvalue weighted by Crippen LogP contribution is -2.32. The van der Waals surface area contributed by atoms with E-state index < -0.39 is 6.10 Å². The molecule has 0 fully saturated rings. The van der Waals surface area contributed by atoms with Gasteiger partial charge in [0.25, 0.3) is 5.91 Å². The van der Waals surface area contributed by atoms with Gasteiger partial charge < -0.3 is 10.4 Å². The van der Waals surface area contributed by atoms with Crippen molar-refractivity contribution in [1.29, 1.82) is 0 Å². The molecule has 0 spiro atoms. The Morgan fingerprint density at radius 3 is 2.50 bits per heavy atom. The lowest BCUT2D eigenvalue weighted by atomic mass is 9.87. The van der Waals surface area contributed by atoms with E-state index in [1.54, 1.807) is 11.3 Å². The van der Waals surface area contributed by atoms with Crippen LogP contribution in [0.3, 0.4) is 0 Å². The van der Waals surface area contributed by atoms with E-state index in [1.165, 1.54) is 4.88 Å². The van der Waals surface area contributed by atoms with E-state index in [0.717, 1.165) is 11.1 Å². The van der Waals surface area contributed by atoms with Crippen LogP contribution in [-0.4, -0.2) is 23.7 Å². The highest BCUT2D eigenvalue weighted by Gasteiger charge is 2.22. The van der Waals surface area contributed by atoms with Gasteiger partial charge in [-0.3, -0.25) is 4.79 Å². The zero-order valence-corrected chi connectivity index (χ0v) is 12.6. The molecule has 18 heavy (non-hydrogen) atoms. The molecule has 1 aromatic heterocycles. The van der Waals surface area contributed by atoms with Gasteiger partial charge >= 0.3 is 0 Å². The van der Waals surface area contributed by atoms with Crippen LogP contribution in [0.1, 0.15) is 48.0 Å². The first-order chi connectivity index (χ1) is 8.23. The SMILES string of the molecule is Cc1scc(C(=O)NCC[C@H](O)C(C)(C)C)c1C. The highest BCUT2D eigenvalue weighted by molar-refractivity contribution is 7.10. The van der Waals surface area contributed by atoms with Gasteiger partial charge in [-0.2, -0.15) is 0 Å². The number of hydrogen-bond acceptors (Lipinski definition) is 3. The third-order valence-electron chi connectivity index (χ3n) is 3.23. The van der Waals surface area contributed by atoms with Crippen molar-refractivity contribution >= 4 is 17.2 Å². The van der Waals surface area contributed by atoms with Crippen LogP contribution in [0, 0.1) is 19.3 Å². The Morgan fingerprint density at radius 1 is 1.44 bits per heavy atom. The molecule has 1 atom stereocenters. The number of aliphatic hydroxyl groups is 1. The molecule has 1 heterocycles. The summed E-state index contributed by atoms with van der Waals surface area (Å²) in [5.41, 5.74) is 1.66. The number of amides is 1. The molecule has 4 heteroatoms. The van der Waals surface area contributed by atoms with Crippen LogP contribution >= 0.6 is 11.3 Å². The third kappa shape index (κ3) is 3.82. The van der Waals surface area contributed by atoms with Crippen molar-refractivity contribution in [2.45, 2.75) is 47.1 Å². The first-order valence-corrected chi connectivity index (χ1v) is 7.12. The Kier molecular flexibility index (Phi) is 4.93. The molecule has 0 saturated heterocycles. The Balaban J connectivity index is 2.46. The van der Waals surface area contributed by atoms with E-state index >= 15 is 0 Å². The van der Waals surface area contributed by atoms with Gasteiger partial charge in [-0.15, -0.1) is 11.3 Å². The minimum Gasteiger partial charge on any atom is -0.393 e. The summed E-state index contributed by atoms with van der Waals surface area (Å²) in [7, 11) is 0. The summed E-state index contributed by atoms with van der Waals surface area (Å²) in [5.74, 6) is -0.0436. The minimum absolute atomic E-state index is 0.0436. The number of carbonyl (C=O) groups excluding carboxylic acids is 1. The van der Waals surface area contributed by atoms with E-state index in [-0.39, 0.29) is 11.3 Å². The van der Waals surface area contributed by atoms with Gasteiger partial charge in [0.05, 0.1) is 11.7 Å². The van der Waals surface area contributed by atoms with Gasteiger partial charge in [0.2, 0.25) is 0 Å². The number of hydrogen-bond donors (Lipinski definition) is 2. The molecule has 0 aliphatic rings. The van der Waals surface area contributed by atoms with Crippen molar-refractivity contribution in [1.82, 2.24) is 5.32 Å². The summed E-state index contributed by atoms with van der Waals surface area (Å²) in [4.78, 5) is 13.1. The molecule has 1 aromatic rings. The predicted octanol–water partition coefficient (Wildman–Crippen LogP) is 2.89. The molecule has 0 saturated carbocycles. The second-order valence-corrected chi connectivity index (χ2v) is 6.84. The van der Waals surface area contributed by atoms with Gasteiger partial charge in [0.1, 0.15) is 0 Å². The van der Waals surface area contributed by atoms with Crippen LogP contribution in [0.5, 0.6) is 0 Å². The molecule has 1 rings (SSSR count). The molecule has 0 aliphatic heterocycles. The van der Waals surface area contributed by atoms with Crippen LogP contribution < -0.4 is 5.32 Å². The monoisotopic (exact) mass is 269 g/mol. The molecule has 0 unspecified atom stereocenters. The molecular formula is C14H23NO2S. The van der Waals surface area contributed by atoms with Gasteiger partial charge in [-0.05, 0) is 31.2 Å². The molecule has 0 bridgehead atoms. The van der Waals surface area contributed by atoms with Crippen molar-refractivity contribution in [3.05, 3.63) is 21.4 Å². The predicted molar refractivity (Wildman–Crippen MR) is 76.2 cm³/mol. The quantitative estimate of drug-likeness (QED) is 0.883. The Hall–Kier alpha value is -0.870. The molecular weight excluding hydrogens is 246 g/mol. The second-order valence-electron chi connectivity index (χ2n) is 5.76. The van der Waals surface area contributed by atoms with Gasteiger partial charge in [0.15, 0.2) is 0 Å². The normalized spacial score (nSPS) is 13.4. The molecule has 102 valence electrons. The van der Waals surface area contributed by atoms with Gasteiger partial charge in [-0.1, -0.05) is 20.8 Å². The molecule has 0 radical (unpaired) electrons. The van der Waals surface area contributed by atoms with Crippen LogP contribution in [0.15, 0.2) is 5.38 Å². The maximum absolute atomic E-state index is 11.9. The molecule has 0 aliphatic carbocycles. The molecule has 3 nitrogen and oxygen atoms in total. The summed E-state index contributed by atoms with van der Waals surface area (Å²) in [6.45, 7) is 10.5. The van der Waals surface area contributed by atoms with E-state index in [2.05, 4.69) is 5.32 Å². The fourth-order valence-electron chi connectivity index (χ4n) is 1.59. The van der Waals surface area contributed by atoms with Gasteiger partial charge in [-0.25, -0.2) is 0 Å². The number of rotatable bonds is 4. The third-order valence-corrected chi connectivity index (χ3v) is 4.25. The van der Waals surface area contributed by atoms with E-state index in [0.29, 0.717) is 13.0 Å². The number of aliphatic hydroxyl groups excluding tert-OH is 1. The first-order valence-electron chi connectivity index (χ1n) is 6.24. The summed E-state index contributed by atoms with van der Waals surface area (Å²) in [5, 5.41) is 14.6. The Morgan fingerprint density at radius 2 is 2.06 bits per heavy atom. The number of aryl methyl sites for hydroxylation is 1. The largest absolute Gasteiger partial charge is 0.393 e. The molecule has 1 amide bonds. The summed E-state index contributed by atoms with van der Waals surface area (Å²) >= 11 is 1.59. The average molecular weight is 269 g/mol. The van der Waals surface area contributed by atoms with E-state index in [9.17, 15) is 9.90 Å². The lowest BCUT2D eigenvalue weighted by Gasteiger charge is -2.25. The standard InChI is InChI=1S/C14H23NO2S/c1-9-10(2)18-8-11(9)13(17)15-7-6-12(16)14(3,4)5/h8,12,16H,6-7H2,1-5H3,(H,15,17)/t12-/m0/s1. The van der Waals surface area contributed by atoms with Crippen molar-refractivity contribution < 1.29 is 9.90 Å². The minimum atomic E-state index is -0.400. The van der Waals surface area contributed by atoms with Crippen molar-refractivity contribution in [3.63, 3.8) is 0 Å². The maximum Gasteiger partial charge on any atom is 0.252 e. The highest BCUT2D eigenvalue weighted by atomic mass is 32.1. The fraction of sp³-hybridized carbons (Fsp3) is 0.643. The smallest absolute Gasteiger partial charge is 0.252 e. The van der Waals surface area contributed by atoms with Crippen LogP contribution in [0.2, 0.25) is 0 Å². The average Bonchev–Trinajstić information content (AvgIpc) is 2.58. The Labute approximate surface area is 113 Å².